The number of aryl methyl sites for hydroxylation is 1. The summed E-state index contributed by atoms with van der Waals surface area (Å²) in [5.74, 6) is 0. The number of rotatable bonds is 6. The Morgan fingerprint density at radius 1 is 1.28 bits per heavy atom. The summed E-state index contributed by atoms with van der Waals surface area (Å²) in [5, 5.41) is 3.37. The minimum absolute atomic E-state index is 0.512. The van der Waals surface area contributed by atoms with Crippen LogP contribution in [0.25, 0.3) is 0 Å². The van der Waals surface area contributed by atoms with Crippen LogP contribution in [0.4, 0.5) is 0 Å². The molecule has 1 aromatic rings. The number of hydrogen-bond acceptors (Lipinski definition) is 3. The predicted molar refractivity (Wildman–Crippen MR) is 73.5 cm³/mol. The number of ether oxygens (including phenoxy) is 1. The largest absolute Gasteiger partial charge is 0.377 e. The van der Waals surface area contributed by atoms with Crippen LogP contribution in [0.2, 0.25) is 0 Å². The van der Waals surface area contributed by atoms with Crippen molar-refractivity contribution in [1.29, 1.82) is 0 Å². The van der Waals surface area contributed by atoms with Crippen molar-refractivity contribution in [1.82, 2.24) is 10.3 Å². The second-order valence-corrected chi connectivity index (χ2v) is 5.13. The van der Waals surface area contributed by atoms with Gasteiger partial charge in [-0.05, 0) is 31.4 Å². The molecule has 0 radical (unpaired) electrons. The summed E-state index contributed by atoms with van der Waals surface area (Å²) in [6, 6.07) is 4.17. The second kappa shape index (κ2) is 7.49. The van der Waals surface area contributed by atoms with E-state index in [4.69, 9.17) is 4.74 Å². The van der Waals surface area contributed by atoms with Gasteiger partial charge >= 0.3 is 0 Å². The molecule has 0 amide bonds. The fourth-order valence-electron chi connectivity index (χ4n) is 2.35. The van der Waals surface area contributed by atoms with E-state index in [0.717, 1.165) is 25.4 Å². The van der Waals surface area contributed by atoms with Gasteiger partial charge in [-0.15, -0.1) is 0 Å². The zero-order valence-corrected chi connectivity index (χ0v) is 11.3. The van der Waals surface area contributed by atoms with Crippen LogP contribution in [0.15, 0.2) is 18.3 Å². The summed E-state index contributed by atoms with van der Waals surface area (Å²) < 4.78 is 5.86. The van der Waals surface area contributed by atoms with E-state index < -0.39 is 0 Å². The molecule has 0 aliphatic heterocycles. The highest BCUT2D eigenvalue weighted by Crippen LogP contribution is 2.19. The molecule has 3 heteroatoms. The number of hydrogen-bond donors (Lipinski definition) is 1. The molecule has 1 saturated carbocycles. The summed E-state index contributed by atoms with van der Waals surface area (Å²) in [5.41, 5.74) is 2.30. The van der Waals surface area contributed by atoms with Crippen molar-refractivity contribution in [3.8, 4) is 0 Å². The summed E-state index contributed by atoms with van der Waals surface area (Å²) in [6.45, 7) is 4.61. The lowest BCUT2D eigenvalue weighted by Gasteiger charge is -2.21. The molecule has 18 heavy (non-hydrogen) atoms. The standard InChI is InChI=1S/C15H24N2O/c1-13-7-8-14(17-11-13)12-16-9-10-18-15-5-3-2-4-6-15/h7-8,11,15-16H,2-6,9-10,12H2,1H3. The Morgan fingerprint density at radius 2 is 2.11 bits per heavy atom. The van der Waals surface area contributed by atoms with E-state index in [9.17, 15) is 0 Å². The number of aromatic nitrogens is 1. The number of nitrogens with zero attached hydrogens (tertiary/aromatic N) is 1. The lowest BCUT2D eigenvalue weighted by molar-refractivity contribution is 0.0302. The molecule has 1 fully saturated rings. The highest BCUT2D eigenvalue weighted by molar-refractivity contribution is 5.11. The van der Waals surface area contributed by atoms with Crippen LogP contribution in [0.5, 0.6) is 0 Å². The minimum Gasteiger partial charge on any atom is -0.377 e. The van der Waals surface area contributed by atoms with Gasteiger partial charge in [0.05, 0.1) is 18.4 Å². The molecule has 0 spiro atoms. The lowest BCUT2D eigenvalue weighted by Crippen LogP contribution is -2.24. The van der Waals surface area contributed by atoms with Crippen LogP contribution in [-0.2, 0) is 11.3 Å². The monoisotopic (exact) mass is 248 g/mol. The van der Waals surface area contributed by atoms with E-state index in [2.05, 4.69) is 29.4 Å². The topological polar surface area (TPSA) is 34.1 Å². The maximum Gasteiger partial charge on any atom is 0.0594 e. The third-order valence-electron chi connectivity index (χ3n) is 3.46. The van der Waals surface area contributed by atoms with Gasteiger partial charge < -0.3 is 10.1 Å². The third-order valence-corrected chi connectivity index (χ3v) is 3.46. The molecule has 1 aliphatic rings. The maximum absolute atomic E-state index is 5.86. The molecule has 0 atom stereocenters. The molecule has 1 aromatic heterocycles. The molecule has 100 valence electrons. The van der Waals surface area contributed by atoms with Crippen molar-refractivity contribution >= 4 is 0 Å². The molecule has 0 saturated heterocycles. The van der Waals surface area contributed by atoms with Gasteiger partial charge in [-0.1, -0.05) is 25.3 Å². The third kappa shape index (κ3) is 4.75. The quantitative estimate of drug-likeness (QED) is 0.786. The Balaban J connectivity index is 1.54. The molecule has 0 unspecified atom stereocenters. The predicted octanol–water partition coefficient (Wildman–Crippen LogP) is 2.83. The van der Waals surface area contributed by atoms with Crippen LogP contribution >= 0.6 is 0 Å². The molecule has 1 N–H and O–H groups in total. The van der Waals surface area contributed by atoms with Crippen molar-refractivity contribution in [2.45, 2.75) is 51.7 Å². The maximum atomic E-state index is 5.86. The van der Waals surface area contributed by atoms with Crippen LogP contribution in [-0.4, -0.2) is 24.2 Å². The van der Waals surface area contributed by atoms with Crippen molar-refractivity contribution in [2.24, 2.45) is 0 Å². The van der Waals surface area contributed by atoms with E-state index in [1.165, 1.54) is 37.7 Å². The first kappa shape index (κ1) is 13.5. The molecular formula is C15H24N2O. The molecule has 1 aliphatic carbocycles. The first-order valence-corrected chi connectivity index (χ1v) is 7.08. The summed E-state index contributed by atoms with van der Waals surface area (Å²) in [6.07, 6.45) is 8.99. The Kier molecular flexibility index (Phi) is 5.62. The van der Waals surface area contributed by atoms with Crippen molar-refractivity contribution < 1.29 is 4.74 Å². The van der Waals surface area contributed by atoms with Crippen molar-refractivity contribution in [3.05, 3.63) is 29.6 Å². The van der Waals surface area contributed by atoms with E-state index in [-0.39, 0.29) is 0 Å². The van der Waals surface area contributed by atoms with E-state index in [0.29, 0.717) is 6.10 Å². The summed E-state index contributed by atoms with van der Waals surface area (Å²) >= 11 is 0. The van der Waals surface area contributed by atoms with Crippen LogP contribution in [0.1, 0.15) is 43.4 Å². The van der Waals surface area contributed by atoms with Gasteiger partial charge in [0, 0.05) is 19.3 Å². The average Bonchev–Trinajstić information content (AvgIpc) is 2.42. The minimum atomic E-state index is 0.512. The normalized spacial score (nSPS) is 16.9. The van der Waals surface area contributed by atoms with Crippen LogP contribution in [0.3, 0.4) is 0 Å². The van der Waals surface area contributed by atoms with Crippen molar-refractivity contribution in [3.63, 3.8) is 0 Å². The number of pyridine rings is 1. The molecule has 3 nitrogen and oxygen atoms in total. The first-order chi connectivity index (χ1) is 8.84. The Hall–Kier alpha value is -0.930. The Labute approximate surface area is 110 Å². The van der Waals surface area contributed by atoms with E-state index in [1.807, 2.05) is 6.20 Å². The van der Waals surface area contributed by atoms with Gasteiger partial charge in [-0.25, -0.2) is 0 Å². The zero-order chi connectivity index (χ0) is 12.6. The molecule has 2 rings (SSSR count). The first-order valence-electron chi connectivity index (χ1n) is 7.08. The molecule has 1 heterocycles. The van der Waals surface area contributed by atoms with Crippen molar-refractivity contribution in [2.75, 3.05) is 13.2 Å². The average molecular weight is 248 g/mol. The second-order valence-electron chi connectivity index (χ2n) is 5.13. The molecule has 0 aromatic carbocycles. The Bertz CT molecular complexity index is 331. The zero-order valence-electron chi connectivity index (χ0n) is 11.3. The fourth-order valence-corrected chi connectivity index (χ4v) is 2.35. The van der Waals surface area contributed by atoms with E-state index >= 15 is 0 Å². The molecular weight excluding hydrogens is 224 g/mol. The van der Waals surface area contributed by atoms with E-state index in [1.54, 1.807) is 0 Å². The number of nitrogens with one attached hydrogen (secondary N) is 1. The van der Waals surface area contributed by atoms with Gasteiger partial charge in [0.2, 0.25) is 0 Å². The smallest absolute Gasteiger partial charge is 0.0594 e. The van der Waals surface area contributed by atoms with Crippen LogP contribution in [0, 0.1) is 6.92 Å². The fraction of sp³-hybridized carbons (Fsp3) is 0.667. The van der Waals surface area contributed by atoms with Crippen LogP contribution < -0.4 is 5.32 Å². The van der Waals surface area contributed by atoms with Gasteiger partial charge in [0.25, 0.3) is 0 Å². The lowest BCUT2D eigenvalue weighted by atomic mass is 9.98. The summed E-state index contributed by atoms with van der Waals surface area (Å²) in [7, 11) is 0. The van der Waals surface area contributed by atoms with Gasteiger partial charge in [0.15, 0.2) is 0 Å². The highest BCUT2D eigenvalue weighted by atomic mass is 16.5. The SMILES string of the molecule is Cc1ccc(CNCCOC2CCCCC2)nc1. The van der Waals surface area contributed by atoms with Gasteiger partial charge in [-0.2, -0.15) is 0 Å². The summed E-state index contributed by atoms with van der Waals surface area (Å²) in [4.78, 5) is 4.36. The highest BCUT2D eigenvalue weighted by Gasteiger charge is 2.12. The van der Waals surface area contributed by atoms with Gasteiger partial charge in [0.1, 0.15) is 0 Å². The Morgan fingerprint density at radius 3 is 2.83 bits per heavy atom. The van der Waals surface area contributed by atoms with Gasteiger partial charge in [-0.3, -0.25) is 4.98 Å². The molecule has 0 bridgehead atoms.